The van der Waals surface area contributed by atoms with Gasteiger partial charge in [-0.1, -0.05) is 32.0 Å². The summed E-state index contributed by atoms with van der Waals surface area (Å²) >= 11 is 0. The van der Waals surface area contributed by atoms with Crippen molar-refractivity contribution in [1.82, 2.24) is 9.55 Å². The predicted octanol–water partition coefficient (Wildman–Crippen LogP) is 2.53. The first-order valence-electron chi connectivity index (χ1n) is 6.01. The number of imidazole rings is 1. The SMILES string of the molecule is CC(C)C(=O)Nc1ccccc1Cn1ccnc1. The van der Waals surface area contributed by atoms with Crippen LogP contribution in [-0.2, 0) is 11.3 Å². The van der Waals surface area contributed by atoms with E-state index in [1.54, 1.807) is 12.5 Å². The summed E-state index contributed by atoms with van der Waals surface area (Å²) in [6.07, 6.45) is 5.41. The fourth-order valence-corrected chi connectivity index (χ4v) is 1.63. The number of carbonyl (C=O) groups is 1. The summed E-state index contributed by atoms with van der Waals surface area (Å²) in [6.45, 7) is 4.47. The number of anilines is 1. The van der Waals surface area contributed by atoms with Gasteiger partial charge in [0, 0.05) is 24.0 Å². The maximum Gasteiger partial charge on any atom is 0.226 e. The van der Waals surface area contributed by atoms with Gasteiger partial charge in [0.1, 0.15) is 0 Å². The van der Waals surface area contributed by atoms with E-state index < -0.39 is 0 Å². The molecule has 0 aliphatic carbocycles. The van der Waals surface area contributed by atoms with E-state index in [0.717, 1.165) is 11.3 Å². The van der Waals surface area contributed by atoms with Crippen molar-refractivity contribution < 1.29 is 4.79 Å². The van der Waals surface area contributed by atoms with Crippen molar-refractivity contribution in [2.75, 3.05) is 5.32 Å². The third kappa shape index (κ3) is 2.97. The Morgan fingerprint density at radius 1 is 1.39 bits per heavy atom. The molecule has 1 N–H and O–H groups in total. The van der Waals surface area contributed by atoms with E-state index in [0.29, 0.717) is 6.54 Å². The van der Waals surface area contributed by atoms with Gasteiger partial charge in [-0.05, 0) is 11.6 Å². The minimum Gasteiger partial charge on any atom is -0.333 e. The molecule has 1 aromatic carbocycles. The number of aromatic nitrogens is 2. The Morgan fingerprint density at radius 2 is 2.17 bits per heavy atom. The second-order valence-corrected chi connectivity index (χ2v) is 4.54. The molecule has 1 amide bonds. The monoisotopic (exact) mass is 243 g/mol. The maximum atomic E-state index is 11.7. The standard InChI is InChI=1S/C14H17N3O/c1-11(2)14(18)16-13-6-4-3-5-12(13)9-17-8-7-15-10-17/h3-8,10-11H,9H2,1-2H3,(H,16,18). The summed E-state index contributed by atoms with van der Waals surface area (Å²) in [5.74, 6) is 0.0133. The minimum absolute atomic E-state index is 0.0219. The van der Waals surface area contributed by atoms with E-state index in [-0.39, 0.29) is 11.8 Å². The molecule has 2 rings (SSSR count). The van der Waals surface area contributed by atoms with Gasteiger partial charge in [-0.3, -0.25) is 4.79 Å². The molecule has 0 aliphatic heterocycles. The highest BCUT2D eigenvalue weighted by molar-refractivity contribution is 5.92. The van der Waals surface area contributed by atoms with Crippen LogP contribution in [0.25, 0.3) is 0 Å². The van der Waals surface area contributed by atoms with Crippen LogP contribution in [0.4, 0.5) is 5.69 Å². The Balaban J connectivity index is 2.18. The third-order valence-electron chi connectivity index (χ3n) is 2.71. The van der Waals surface area contributed by atoms with E-state index in [1.807, 2.05) is 48.9 Å². The first-order valence-corrected chi connectivity index (χ1v) is 6.01. The van der Waals surface area contributed by atoms with Gasteiger partial charge in [-0.25, -0.2) is 4.98 Å². The molecule has 0 radical (unpaired) electrons. The van der Waals surface area contributed by atoms with Gasteiger partial charge in [0.05, 0.1) is 12.9 Å². The van der Waals surface area contributed by atoms with E-state index >= 15 is 0 Å². The number of rotatable bonds is 4. The van der Waals surface area contributed by atoms with Crippen LogP contribution in [0, 0.1) is 5.92 Å². The van der Waals surface area contributed by atoms with Gasteiger partial charge in [0.15, 0.2) is 0 Å². The van der Waals surface area contributed by atoms with Crippen LogP contribution in [0.2, 0.25) is 0 Å². The van der Waals surface area contributed by atoms with Crippen molar-refractivity contribution in [3.8, 4) is 0 Å². The Hall–Kier alpha value is -2.10. The highest BCUT2D eigenvalue weighted by atomic mass is 16.1. The zero-order valence-corrected chi connectivity index (χ0v) is 10.6. The molecule has 0 fully saturated rings. The Labute approximate surface area is 107 Å². The maximum absolute atomic E-state index is 11.7. The molecule has 0 saturated heterocycles. The van der Waals surface area contributed by atoms with E-state index in [4.69, 9.17) is 0 Å². The van der Waals surface area contributed by atoms with Gasteiger partial charge < -0.3 is 9.88 Å². The molecule has 0 spiro atoms. The Morgan fingerprint density at radius 3 is 2.83 bits per heavy atom. The molecule has 1 heterocycles. The van der Waals surface area contributed by atoms with Crippen LogP contribution >= 0.6 is 0 Å². The average molecular weight is 243 g/mol. The lowest BCUT2D eigenvalue weighted by molar-refractivity contribution is -0.118. The van der Waals surface area contributed by atoms with Gasteiger partial charge in [0.25, 0.3) is 0 Å². The molecule has 0 saturated carbocycles. The van der Waals surface area contributed by atoms with Gasteiger partial charge in [-0.15, -0.1) is 0 Å². The van der Waals surface area contributed by atoms with E-state index in [1.165, 1.54) is 0 Å². The number of nitrogens with zero attached hydrogens (tertiary/aromatic N) is 2. The minimum atomic E-state index is -0.0219. The summed E-state index contributed by atoms with van der Waals surface area (Å²) in [7, 11) is 0. The topological polar surface area (TPSA) is 46.9 Å². The number of amides is 1. The molecule has 0 atom stereocenters. The van der Waals surface area contributed by atoms with Crippen LogP contribution < -0.4 is 5.32 Å². The molecule has 2 aromatic rings. The summed E-state index contributed by atoms with van der Waals surface area (Å²) in [5.41, 5.74) is 1.94. The summed E-state index contributed by atoms with van der Waals surface area (Å²) in [6, 6.07) is 7.83. The predicted molar refractivity (Wildman–Crippen MR) is 71.2 cm³/mol. The normalized spacial score (nSPS) is 10.6. The fourth-order valence-electron chi connectivity index (χ4n) is 1.63. The molecular formula is C14H17N3O. The van der Waals surface area contributed by atoms with Crippen LogP contribution in [0.3, 0.4) is 0 Å². The Kier molecular flexibility index (Phi) is 3.77. The van der Waals surface area contributed by atoms with Crippen molar-refractivity contribution in [2.24, 2.45) is 5.92 Å². The number of carbonyl (C=O) groups excluding carboxylic acids is 1. The number of hydrogen-bond donors (Lipinski definition) is 1. The first-order chi connectivity index (χ1) is 8.66. The molecule has 1 aromatic heterocycles. The molecule has 4 nitrogen and oxygen atoms in total. The highest BCUT2D eigenvalue weighted by Gasteiger charge is 2.09. The summed E-state index contributed by atoms with van der Waals surface area (Å²) < 4.78 is 1.97. The molecule has 4 heteroatoms. The summed E-state index contributed by atoms with van der Waals surface area (Å²) in [4.78, 5) is 15.7. The number of benzene rings is 1. The van der Waals surface area contributed by atoms with Crippen molar-refractivity contribution in [3.05, 3.63) is 48.5 Å². The van der Waals surface area contributed by atoms with Crippen LogP contribution in [0.1, 0.15) is 19.4 Å². The van der Waals surface area contributed by atoms with E-state index in [9.17, 15) is 4.79 Å². The van der Waals surface area contributed by atoms with Crippen LogP contribution in [-0.4, -0.2) is 15.5 Å². The van der Waals surface area contributed by atoms with Gasteiger partial charge >= 0.3 is 0 Å². The number of para-hydroxylation sites is 1. The van der Waals surface area contributed by atoms with Crippen LogP contribution in [0.5, 0.6) is 0 Å². The van der Waals surface area contributed by atoms with Crippen molar-refractivity contribution in [2.45, 2.75) is 20.4 Å². The van der Waals surface area contributed by atoms with Crippen molar-refractivity contribution in [1.29, 1.82) is 0 Å². The molecule has 0 unspecified atom stereocenters. The van der Waals surface area contributed by atoms with E-state index in [2.05, 4.69) is 10.3 Å². The molecule has 0 bridgehead atoms. The summed E-state index contributed by atoms with van der Waals surface area (Å²) in [5, 5.41) is 2.95. The first kappa shape index (κ1) is 12.4. The Bertz CT molecular complexity index is 518. The third-order valence-corrected chi connectivity index (χ3v) is 2.71. The lowest BCUT2D eigenvalue weighted by Gasteiger charge is -2.12. The fraction of sp³-hybridized carbons (Fsp3) is 0.286. The van der Waals surface area contributed by atoms with Crippen molar-refractivity contribution >= 4 is 11.6 Å². The zero-order chi connectivity index (χ0) is 13.0. The molecule has 18 heavy (non-hydrogen) atoms. The average Bonchev–Trinajstić information content (AvgIpc) is 2.84. The number of nitrogens with one attached hydrogen (secondary N) is 1. The van der Waals surface area contributed by atoms with Gasteiger partial charge in [0.2, 0.25) is 5.91 Å². The lowest BCUT2D eigenvalue weighted by atomic mass is 10.1. The number of hydrogen-bond acceptors (Lipinski definition) is 2. The quantitative estimate of drug-likeness (QED) is 0.897. The van der Waals surface area contributed by atoms with Crippen molar-refractivity contribution in [3.63, 3.8) is 0 Å². The highest BCUT2D eigenvalue weighted by Crippen LogP contribution is 2.17. The largest absolute Gasteiger partial charge is 0.333 e. The second kappa shape index (κ2) is 5.49. The second-order valence-electron chi connectivity index (χ2n) is 4.54. The molecular weight excluding hydrogens is 226 g/mol. The lowest BCUT2D eigenvalue weighted by Crippen LogP contribution is -2.19. The van der Waals surface area contributed by atoms with Gasteiger partial charge in [-0.2, -0.15) is 0 Å². The zero-order valence-electron chi connectivity index (χ0n) is 10.6. The smallest absolute Gasteiger partial charge is 0.226 e. The molecule has 94 valence electrons. The molecule has 0 aliphatic rings. The van der Waals surface area contributed by atoms with Crippen LogP contribution in [0.15, 0.2) is 43.0 Å².